The van der Waals surface area contributed by atoms with Crippen molar-refractivity contribution in [1.29, 1.82) is 0 Å². The molecule has 0 aliphatic heterocycles. The van der Waals surface area contributed by atoms with Gasteiger partial charge in [-0.25, -0.2) is 8.78 Å². The molecule has 2 N–H and O–H groups in total. The largest absolute Gasteiger partial charge is 0.393 e. The summed E-state index contributed by atoms with van der Waals surface area (Å²) < 4.78 is 26.2. The maximum Gasteiger partial charge on any atom is 0.224 e. The average Bonchev–Trinajstić information content (AvgIpc) is 2.40. The summed E-state index contributed by atoms with van der Waals surface area (Å²) in [6.45, 7) is 0.499. The highest BCUT2D eigenvalue weighted by molar-refractivity contribution is 5.78. The first-order chi connectivity index (χ1) is 9.54. The number of carbonyl (C=O) groups is 1. The van der Waals surface area contributed by atoms with E-state index in [4.69, 9.17) is 0 Å². The van der Waals surface area contributed by atoms with Crippen LogP contribution < -0.4 is 5.32 Å². The Morgan fingerprint density at radius 1 is 1.35 bits per heavy atom. The zero-order chi connectivity index (χ0) is 14.5. The molecule has 110 valence electrons. The maximum atomic E-state index is 13.4. The summed E-state index contributed by atoms with van der Waals surface area (Å²) in [6.07, 6.45) is 3.11. The van der Waals surface area contributed by atoms with Gasteiger partial charge in [0.25, 0.3) is 0 Å². The second-order valence-corrected chi connectivity index (χ2v) is 5.40. The lowest BCUT2D eigenvalue weighted by molar-refractivity contribution is -0.120. The van der Waals surface area contributed by atoms with Crippen molar-refractivity contribution in [3.05, 3.63) is 35.4 Å². The Bertz CT molecular complexity index is 479. The highest BCUT2D eigenvalue weighted by atomic mass is 19.1. The first kappa shape index (κ1) is 14.9. The zero-order valence-corrected chi connectivity index (χ0v) is 11.2. The molecule has 2 rings (SSSR count). The van der Waals surface area contributed by atoms with Crippen molar-refractivity contribution in [3.8, 4) is 0 Å². The molecule has 1 aliphatic rings. The molecule has 0 aromatic heterocycles. The fraction of sp³-hybridized carbons (Fsp3) is 0.533. The van der Waals surface area contributed by atoms with E-state index in [1.807, 2.05) is 0 Å². The monoisotopic (exact) mass is 283 g/mol. The van der Waals surface area contributed by atoms with Gasteiger partial charge in [-0.15, -0.1) is 0 Å². The van der Waals surface area contributed by atoms with Crippen LogP contribution in [0.15, 0.2) is 18.2 Å². The van der Waals surface area contributed by atoms with E-state index in [-0.39, 0.29) is 29.9 Å². The Labute approximate surface area is 117 Å². The number of amides is 1. The second-order valence-electron chi connectivity index (χ2n) is 5.40. The van der Waals surface area contributed by atoms with Crippen LogP contribution in [-0.4, -0.2) is 23.7 Å². The molecule has 1 aromatic rings. The van der Waals surface area contributed by atoms with Gasteiger partial charge in [-0.05, 0) is 36.8 Å². The van der Waals surface area contributed by atoms with Crippen LogP contribution in [0.2, 0.25) is 0 Å². The van der Waals surface area contributed by atoms with E-state index in [9.17, 15) is 18.7 Å². The van der Waals surface area contributed by atoms with Gasteiger partial charge in [-0.1, -0.05) is 12.5 Å². The van der Waals surface area contributed by atoms with Crippen LogP contribution in [-0.2, 0) is 11.2 Å². The van der Waals surface area contributed by atoms with Gasteiger partial charge in [0.05, 0.1) is 12.5 Å². The van der Waals surface area contributed by atoms with Crippen molar-refractivity contribution >= 4 is 5.91 Å². The van der Waals surface area contributed by atoms with E-state index in [0.717, 1.165) is 31.4 Å². The van der Waals surface area contributed by atoms with Crippen molar-refractivity contribution in [3.63, 3.8) is 0 Å². The number of aliphatic hydroxyl groups excluding tert-OH is 1. The summed E-state index contributed by atoms with van der Waals surface area (Å²) >= 11 is 0. The fourth-order valence-corrected chi connectivity index (χ4v) is 2.61. The minimum Gasteiger partial charge on any atom is -0.393 e. The van der Waals surface area contributed by atoms with Gasteiger partial charge in [0.1, 0.15) is 11.6 Å². The third kappa shape index (κ3) is 4.27. The molecule has 1 saturated carbocycles. The molecule has 1 aliphatic carbocycles. The molecule has 0 bridgehead atoms. The van der Waals surface area contributed by atoms with Crippen molar-refractivity contribution in [2.45, 2.75) is 38.2 Å². The number of nitrogens with one attached hydrogen (secondary N) is 1. The number of aliphatic hydroxyl groups is 1. The summed E-state index contributed by atoms with van der Waals surface area (Å²) in [7, 11) is 0. The van der Waals surface area contributed by atoms with Gasteiger partial charge in [0, 0.05) is 12.6 Å². The molecule has 0 spiro atoms. The van der Waals surface area contributed by atoms with Crippen molar-refractivity contribution in [1.82, 2.24) is 5.32 Å². The molecule has 1 fully saturated rings. The van der Waals surface area contributed by atoms with E-state index in [2.05, 4.69) is 5.32 Å². The predicted octanol–water partition coefficient (Wildman–Crippen LogP) is 2.17. The molecule has 0 heterocycles. The lowest BCUT2D eigenvalue weighted by atomic mass is 9.87. The van der Waals surface area contributed by atoms with Crippen molar-refractivity contribution in [2.75, 3.05) is 6.54 Å². The number of hydrogen-bond acceptors (Lipinski definition) is 2. The quantitative estimate of drug-likeness (QED) is 0.889. The molecule has 20 heavy (non-hydrogen) atoms. The molecule has 3 nitrogen and oxygen atoms in total. The number of rotatable bonds is 4. The van der Waals surface area contributed by atoms with Crippen LogP contribution in [0.3, 0.4) is 0 Å². The topological polar surface area (TPSA) is 49.3 Å². The molecule has 0 saturated heterocycles. The van der Waals surface area contributed by atoms with E-state index < -0.39 is 11.6 Å². The molecule has 1 amide bonds. The molecule has 2 unspecified atom stereocenters. The molecular formula is C15H19F2NO2. The predicted molar refractivity (Wildman–Crippen MR) is 71.0 cm³/mol. The summed E-state index contributed by atoms with van der Waals surface area (Å²) in [4.78, 5) is 11.7. The summed E-state index contributed by atoms with van der Waals surface area (Å²) in [5.41, 5.74) is 0.188. The highest BCUT2D eigenvalue weighted by Crippen LogP contribution is 2.23. The standard InChI is InChI=1S/C15H19F2NO2/c16-12-5-4-11(14(17)8-12)7-15(20)18-9-10-2-1-3-13(19)6-10/h4-5,8,10,13,19H,1-3,6-7,9H2,(H,18,20). The van der Waals surface area contributed by atoms with Gasteiger partial charge in [-0.3, -0.25) is 4.79 Å². The molecule has 0 radical (unpaired) electrons. The normalized spacial score (nSPS) is 22.6. The van der Waals surface area contributed by atoms with E-state index in [1.165, 1.54) is 6.07 Å². The fourth-order valence-electron chi connectivity index (χ4n) is 2.61. The van der Waals surface area contributed by atoms with E-state index in [1.54, 1.807) is 0 Å². The number of halogens is 2. The Hall–Kier alpha value is -1.49. The minimum absolute atomic E-state index is 0.0958. The van der Waals surface area contributed by atoms with Gasteiger partial charge >= 0.3 is 0 Å². The van der Waals surface area contributed by atoms with Crippen LogP contribution in [0.4, 0.5) is 8.78 Å². The molecular weight excluding hydrogens is 264 g/mol. The minimum atomic E-state index is -0.701. The van der Waals surface area contributed by atoms with Gasteiger partial charge in [0.2, 0.25) is 5.91 Å². The summed E-state index contributed by atoms with van der Waals surface area (Å²) in [5, 5.41) is 12.3. The SMILES string of the molecule is O=C(Cc1ccc(F)cc1F)NCC1CCCC(O)C1. The first-order valence-corrected chi connectivity index (χ1v) is 6.93. The average molecular weight is 283 g/mol. The Balaban J connectivity index is 1.80. The van der Waals surface area contributed by atoms with Crippen LogP contribution in [0, 0.1) is 17.6 Å². The zero-order valence-electron chi connectivity index (χ0n) is 11.2. The molecule has 1 aromatic carbocycles. The van der Waals surface area contributed by atoms with E-state index in [0.29, 0.717) is 13.0 Å². The number of benzene rings is 1. The molecule has 2 atom stereocenters. The number of hydrogen-bond donors (Lipinski definition) is 2. The van der Waals surface area contributed by atoms with Gasteiger partial charge < -0.3 is 10.4 Å². The van der Waals surface area contributed by atoms with Gasteiger partial charge in [-0.2, -0.15) is 0 Å². The maximum absolute atomic E-state index is 13.4. The third-order valence-corrected chi connectivity index (χ3v) is 3.71. The Morgan fingerprint density at radius 2 is 2.15 bits per heavy atom. The van der Waals surface area contributed by atoms with Gasteiger partial charge in [0.15, 0.2) is 0 Å². The second kappa shape index (κ2) is 6.79. The smallest absolute Gasteiger partial charge is 0.224 e. The third-order valence-electron chi connectivity index (χ3n) is 3.71. The molecule has 5 heteroatoms. The summed E-state index contributed by atoms with van der Waals surface area (Å²) in [5.74, 6) is -1.35. The van der Waals surface area contributed by atoms with Crippen LogP contribution >= 0.6 is 0 Å². The van der Waals surface area contributed by atoms with Crippen molar-refractivity contribution < 1.29 is 18.7 Å². The van der Waals surface area contributed by atoms with Crippen LogP contribution in [0.1, 0.15) is 31.2 Å². The van der Waals surface area contributed by atoms with E-state index >= 15 is 0 Å². The highest BCUT2D eigenvalue weighted by Gasteiger charge is 2.20. The van der Waals surface area contributed by atoms with Crippen LogP contribution in [0.5, 0.6) is 0 Å². The van der Waals surface area contributed by atoms with Crippen molar-refractivity contribution in [2.24, 2.45) is 5.92 Å². The number of carbonyl (C=O) groups excluding carboxylic acids is 1. The lowest BCUT2D eigenvalue weighted by Crippen LogP contribution is -2.33. The Kier molecular flexibility index (Phi) is 5.06. The van der Waals surface area contributed by atoms with Crippen LogP contribution in [0.25, 0.3) is 0 Å². The first-order valence-electron chi connectivity index (χ1n) is 6.93. The Morgan fingerprint density at radius 3 is 2.85 bits per heavy atom. The lowest BCUT2D eigenvalue weighted by Gasteiger charge is -2.25. The summed E-state index contributed by atoms with van der Waals surface area (Å²) in [6, 6.07) is 3.21.